The summed E-state index contributed by atoms with van der Waals surface area (Å²) in [5.74, 6) is 0.128. The number of benzene rings is 3. The average molecular weight is 491 g/mol. The fourth-order valence-corrected chi connectivity index (χ4v) is 3.57. The summed E-state index contributed by atoms with van der Waals surface area (Å²) in [5, 5.41) is 11.8. The minimum Gasteiger partial charge on any atom is -0.451 e. The van der Waals surface area contributed by atoms with Crippen molar-refractivity contribution in [3.63, 3.8) is 0 Å². The van der Waals surface area contributed by atoms with Crippen LogP contribution < -0.4 is 5.32 Å². The Morgan fingerprint density at radius 1 is 0.969 bits per heavy atom. The SMILES string of the molecule is Cc1cc2nn(-c3ccc(F)cc3)nc2cc1NC(=O)c1ccc(-c2ccc(Br)cc2)o1. The van der Waals surface area contributed by atoms with Crippen LogP contribution in [0.2, 0.25) is 0 Å². The van der Waals surface area contributed by atoms with Crippen LogP contribution in [0.4, 0.5) is 10.1 Å². The molecular formula is C24H16BrFN4O2. The van der Waals surface area contributed by atoms with Crippen LogP contribution in [-0.4, -0.2) is 20.9 Å². The summed E-state index contributed by atoms with van der Waals surface area (Å²) in [7, 11) is 0. The number of aryl methyl sites for hydroxylation is 1. The molecule has 3 aromatic carbocycles. The van der Waals surface area contributed by atoms with Crippen LogP contribution in [0.1, 0.15) is 16.1 Å². The molecule has 0 aliphatic heterocycles. The summed E-state index contributed by atoms with van der Waals surface area (Å²) >= 11 is 3.40. The van der Waals surface area contributed by atoms with Crippen LogP contribution in [0.3, 0.4) is 0 Å². The molecule has 32 heavy (non-hydrogen) atoms. The third-order valence-electron chi connectivity index (χ3n) is 4.99. The van der Waals surface area contributed by atoms with E-state index in [4.69, 9.17) is 4.42 Å². The Balaban J connectivity index is 1.40. The quantitative estimate of drug-likeness (QED) is 0.328. The molecule has 6 nitrogen and oxygen atoms in total. The summed E-state index contributed by atoms with van der Waals surface area (Å²) in [4.78, 5) is 14.2. The van der Waals surface area contributed by atoms with E-state index < -0.39 is 0 Å². The number of amides is 1. The Labute approximate surface area is 190 Å². The second kappa shape index (κ2) is 8.05. The van der Waals surface area contributed by atoms with Gasteiger partial charge in [-0.15, -0.1) is 10.2 Å². The van der Waals surface area contributed by atoms with E-state index in [1.54, 1.807) is 30.3 Å². The molecular weight excluding hydrogens is 475 g/mol. The number of hydrogen-bond acceptors (Lipinski definition) is 4. The highest BCUT2D eigenvalue weighted by molar-refractivity contribution is 9.10. The van der Waals surface area contributed by atoms with Crippen molar-refractivity contribution >= 4 is 38.6 Å². The number of carbonyl (C=O) groups is 1. The van der Waals surface area contributed by atoms with Crippen LogP contribution >= 0.6 is 15.9 Å². The van der Waals surface area contributed by atoms with Crippen LogP contribution in [-0.2, 0) is 0 Å². The number of aromatic nitrogens is 3. The van der Waals surface area contributed by atoms with Gasteiger partial charge in [-0.1, -0.05) is 28.1 Å². The van der Waals surface area contributed by atoms with E-state index >= 15 is 0 Å². The molecule has 1 N–H and O–H groups in total. The minimum absolute atomic E-state index is 0.206. The van der Waals surface area contributed by atoms with Gasteiger partial charge >= 0.3 is 0 Å². The molecule has 5 aromatic rings. The van der Waals surface area contributed by atoms with Gasteiger partial charge in [0, 0.05) is 15.7 Å². The van der Waals surface area contributed by atoms with E-state index in [9.17, 15) is 9.18 Å². The number of furan rings is 1. The second-order valence-electron chi connectivity index (χ2n) is 7.25. The Bertz CT molecular complexity index is 1440. The topological polar surface area (TPSA) is 73.0 Å². The van der Waals surface area contributed by atoms with Gasteiger partial charge in [0.25, 0.3) is 5.91 Å². The van der Waals surface area contributed by atoms with Gasteiger partial charge in [-0.3, -0.25) is 4.79 Å². The molecule has 0 aliphatic carbocycles. The third kappa shape index (κ3) is 3.92. The summed E-state index contributed by atoms with van der Waals surface area (Å²) in [6, 6.07) is 20.6. The summed E-state index contributed by atoms with van der Waals surface area (Å²) in [6.07, 6.45) is 0. The number of halogens is 2. The Morgan fingerprint density at radius 2 is 1.66 bits per heavy atom. The van der Waals surface area contributed by atoms with Crippen LogP contribution in [0.25, 0.3) is 28.0 Å². The molecule has 8 heteroatoms. The van der Waals surface area contributed by atoms with E-state index in [0.29, 0.717) is 28.2 Å². The summed E-state index contributed by atoms with van der Waals surface area (Å²) in [5.41, 5.74) is 4.22. The Morgan fingerprint density at radius 3 is 2.38 bits per heavy atom. The van der Waals surface area contributed by atoms with E-state index in [1.807, 2.05) is 37.3 Å². The predicted octanol–water partition coefficient (Wildman–Crippen LogP) is 6.14. The van der Waals surface area contributed by atoms with Crippen molar-refractivity contribution < 1.29 is 13.6 Å². The molecule has 0 spiro atoms. The van der Waals surface area contributed by atoms with Gasteiger partial charge < -0.3 is 9.73 Å². The number of fused-ring (bicyclic) bond motifs is 1. The lowest BCUT2D eigenvalue weighted by Crippen LogP contribution is -2.11. The number of carbonyl (C=O) groups excluding carboxylic acids is 1. The molecule has 0 aliphatic rings. The second-order valence-corrected chi connectivity index (χ2v) is 8.16. The molecule has 2 aromatic heterocycles. The molecule has 0 saturated heterocycles. The van der Waals surface area contributed by atoms with E-state index in [-0.39, 0.29) is 17.5 Å². The molecule has 0 radical (unpaired) electrons. The highest BCUT2D eigenvalue weighted by Gasteiger charge is 2.15. The first-order valence-electron chi connectivity index (χ1n) is 9.77. The maximum atomic E-state index is 13.2. The minimum atomic E-state index is -0.360. The fraction of sp³-hybridized carbons (Fsp3) is 0.0417. The summed E-state index contributed by atoms with van der Waals surface area (Å²) < 4.78 is 19.9. The van der Waals surface area contributed by atoms with Gasteiger partial charge in [0.1, 0.15) is 22.6 Å². The summed E-state index contributed by atoms with van der Waals surface area (Å²) in [6.45, 7) is 1.88. The maximum Gasteiger partial charge on any atom is 0.291 e. The van der Waals surface area contributed by atoms with Crippen molar-refractivity contribution in [1.29, 1.82) is 0 Å². The number of nitrogens with one attached hydrogen (secondary N) is 1. The molecule has 0 fully saturated rings. The van der Waals surface area contributed by atoms with Crippen LogP contribution in [0, 0.1) is 12.7 Å². The smallest absolute Gasteiger partial charge is 0.291 e. The molecule has 158 valence electrons. The zero-order valence-corrected chi connectivity index (χ0v) is 18.4. The lowest BCUT2D eigenvalue weighted by molar-refractivity contribution is 0.0997. The van der Waals surface area contributed by atoms with Crippen molar-refractivity contribution in [2.24, 2.45) is 0 Å². The lowest BCUT2D eigenvalue weighted by Gasteiger charge is -2.06. The number of anilines is 1. The highest BCUT2D eigenvalue weighted by atomic mass is 79.9. The van der Waals surface area contributed by atoms with Gasteiger partial charge in [-0.05, 0) is 73.2 Å². The van der Waals surface area contributed by atoms with E-state index in [1.165, 1.54) is 16.9 Å². The first kappa shape index (κ1) is 20.1. The molecule has 0 bridgehead atoms. The molecule has 2 heterocycles. The average Bonchev–Trinajstić information content (AvgIpc) is 3.42. The zero-order chi connectivity index (χ0) is 22.2. The Hall–Kier alpha value is -3.78. The molecule has 1 amide bonds. The highest BCUT2D eigenvalue weighted by Crippen LogP contribution is 2.26. The molecule has 0 saturated carbocycles. The first-order valence-corrected chi connectivity index (χ1v) is 10.6. The molecule has 0 atom stereocenters. The van der Waals surface area contributed by atoms with Crippen molar-refractivity contribution in [3.05, 3.63) is 94.4 Å². The number of rotatable bonds is 4. The van der Waals surface area contributed by atoms with Crippen molar-refractivity contribution in [1.82, 2.24) is 15.0 Å². The predicted molar refractivity (Wildman–Crippen MR) is 123 cm³/mol. The Kier molecular flexibility index (Phi) is 5.07. The molecule has 5 rings (SSSR count). The van der Waals surface area contributed by atoms with Crippen molar-refractivity contribution in [2.75, 3.05) is 5.32 Å². The maximum absolute atomic E-state index is 13.2. The van der Waals surface area contributed by atoms with Gasteiger partial charge in [0.05, 0.1) is 5.69 Å². The van der Waals surface area contributed by atoms with E-state index in [0.717, 1.165) is 15.6 Å². The standard InChI is InChI=1S/C24H16BrFN4O2/c1-14-12-20-21(29-30(28-20)18-8-6-17(26)7-9-18)13-19(14)27-24(31)23-11-10-22(32-23)15-2-4-16(25)5-3-15/h2-13H,1H3,(H,27,31). The van der Waals surface area contributed by atoms with E-state index in [2.05, 4.69) is 31.4 Å². The lowest BCUT2D eigenvalue weighted by atomic mass is 10.1. The van der Waals surface area contributed by atoms with Crippen LogP contribution in [0.15, 0.2) is 81.7 Å². The third-order valence-corrected chi connectivity index (χ3v) is 5.52. The number of hydrogen-bond donors (Lipinski definition) is 1. The van der Waals surface area contributed by atoms with Crippen molar-refractivity contribution in [3.8, 4) is 17.0 Å². The van der Waals surface area contributed by atoms with Crippen molar-refractivity contribution in [2.45, 2.75) is 6.92 Å². The first-order chi connectivity index (χ1) is 15.5. The monoisotopic (exact) mass is 490 g/mol. The van der Waals surface area contributed by atoms with Crippen LogP contribution in [0.5, 0.6) is 0 Å². The largest absolute Gasteiger partial charge is 0.451 e. The molecule has 0 unspecified atom stereocenters. The fourth-order valence-electron chi connectivity index (χ4n) is 3.31. The van der Waals surface area contributed by atoms with Gasteiger partial charge in [0.15, 0.2) is 5.76 Å². The van der Waals surface area contributed by atoms with Gasteiger partial charge in [-0.2, -0.15) is 4.80 Å². The normalized spacial score (nSPS) is 11.1. The zero-order valence-electron chi connectivity index (χ0n) is 16.8. The van der Waals surface area contributed by atoms with Gasteiger partial charge in [0.2, 0.25) is 0 Å². The number of nitrogens with zero attached hydrogens (tertiary/aromatic N) is 3. The van der Waals surface area contributed by atoms with Gasteiger partial charge in [-0.25, -0.2) is 4.39 Å².